The van der Waals surface area contributed by atoms with Gasteiger partial charge in [0.1, 0.15) is 5.75 Å². The highest BCUT2D eigenvalue weighted by atomic mass is 32.1. The molecule has 0 radical (unpaired) electrons. The third-order valence-corrected chi connectivity index (χ3v) is 5.48. The molecule has 1 aromatic heterocycles. The summed E-state index contributed by atoms with van der Waals surface area (Å²) in [6.07, 6.45) is 5.49. The smallest absolute Gasteiger partial charge is 0.134 e. The van der Waals surface area contributed by atoms with E-state index in [1.807, 2.05) is 11.3 Å². The number of nitrogens with zero attached hydrogens (tertiary/aromatic N) is 1. The molecule has 3 nitrogen and oxygen atoms in total. The van der Waals surface area contributed by atoms with E-state index in [0.29, 0.717) is 5.41 Å². The van der Waals surface area contributed by atoms with Crippen LogP contribution in [0.2, 0.25) is 0 Å². The van der Waals surface area contributed by atoms with Gasteiger partial charge in [0.05, 0.1) is 12.0 Å². The molecule has 2 aliphatic heterocycles. The highest BCUT2D eigenvalue weighted by Crippen LogP contribution is 2.37. The summed E-state index contributed by atoms with van der Waals surface area (Å²) in [4.78, 5) is 4.01. The van der Waals surface area contributed by atoms with Crippen molar-refractivity contribution in [2.45, 2.75) is 32.2 Å². The molecule has 0 amide bonds. The normalized spacial score (nSPS) is 28.7. The van der Waals surface area contributed by atoms with Gasteiger partial charge in [-0.3, -0.25) is 4.90 Å². The molecule has 2 fully saturated rings. The van der Waals surface area contributed by atoms with Gasteiger partial charge in [-0.2, -0.15) is 0 Å². The van der Waals surface area contributed by atoms with Gasteiger partial charge in [0.25, 0.3) is 0 Å². The molecular weight excluding hydrogens is 256 g/mol. The number of nitrogens with one attached hydrogen (secondary N) is 1. The van der Waals surface area contributed by atoms with Crippen LogP contribution in [0.15, 0.2) is 11.4 Å². The molecule has 2 saturated heterocycles. The summed E-state index contributed by atoms with van der Waals surface area (Å²) in [5.41, 5.74) is 0.543. The van der Waals surface area contributed by atoms with Crippen LogP contribution in [0, 0.1) is 5.41 Å². The number of methoxy groups -OCH3 is 1. The third kappa shape index (κ3) is 2.96. The van der Waals surface area contributed by atoms with Crippen molar-refractivity contribution in [3.8, 4) is 5.75 Å². The first-order valence-electron chi connectivity index (χ1n) is 7.35. The Balaban J connectivity index is 1.65. The van der Waals surface area contributed by atoms with Gasteiger partial charge in [-0.1, -0.05) is 0 Å². The van der Waals surface area contributed by atoms with E-state index in [0.717, 1.165) is 12.3 Å². The van der Waals surface area contributed by atoms with Crippen molar-refractivity contribution in [2.75, 3.05) is 33.3 Å². The molecule has 106 valence electrons. The lowest BCUT2D eigenvalue weighted by atomic mass is 9.74. The molecule has 1 atom stereocenters. The van der Waals surface area contributed by atoms with Gasteiger partial charge in [-0.25, -0.2) is 0 Å². The lowest BCUT2D eigenvalue weighted by molar-refractivity contribution is 0.0603. The number of likely N-dealkylation sites (tertiary alicyclic amines) is 1. The Morgan fingerprint density at radius 1 is 1.42 bits per heavy atom. The molecule has 4 heteroatoms. The van der Waals surface area contributed by atoms with E-state index in [1.54, 1.807) is 7.11 Å². The van der Waals surface area contributed by atoms with Gasteiger partial charge in [0.15, 0.2) is 0 Å². The maximum atomic E-state index is 5.44. The monoisotopic (exact) mass is 280 g/mol. The number of piperidine rings is 2. The number of rotatable bonds is 3. The van der Waals surface area contributed by atoms with Gasteiger partial charge < -0.3 is 10.1 Å². The maximum absolute atomic E-state index is 5.44. The van der Waals surface area contributed by atoms with Crippen LogP contribution in [-0.4, -0.2) is 38.2 Å². The minimum atomic E-state index is 0.543. The molecule has 1 N–H and O–H groups in total. The molecule has 0 bridgehead atoms. The van der Waals surface area contributed by atoms with Gasteiger partial charge in [-0.15, -0.1) is 11.3 Å². The first-order chi connectivity index (χ1) is 9.31. The quantitative estimate of drug-likeness (QED) is 0.921. The highest BCUT2D eigenvalue weighted by Gasteiger charge is 2.36. The van der Waals surface area contributed by atoms with E-state index in [-0.39, 0.29) is 0 Å². The van der Waals surface area contributed by atoms with E-state index in [2.05, 4.69) is 21.7 Å². The highest BCUT2D eigenvalue weighted by molar-refractivity contribution is 7.10. The second-order valence-electron chi connectivity index (χ2n) is 6.01. The topological polar surface area (TPSA) is 24.5 Å². The van der Waals surface area contributed by atoms with Crippen molar-refractivity contribution in [1.29, 1.82) is 0 Å². The summed E-state index contributed by atoms with van der Waals surface area (Å²) in [6.45, 7) is 5.97. The molecule has 1 unspecified atom stereocenters. The Morgan fingerprint density at radius 3 is 3.11 bits per heavy atom. The second-order valence-corrected chi connectivity index (χ2v) is 7.01. The first kappa shape index (κ1) is 13.4. The molecule has 1 aromatic rings. The van der Waals surface area contributed by atoms with Crippen LogP contribution in [0.5, 0.6) is 5.75 Å². The first-order valence-corrected chi connectivity index (χ1v) is 8.23. The number of thiophene rings is 1. The third-order valence-electron chi connectivity index (χ3n) is 4.59. The largest absolute Gasteiger partial charge is 0.496 e. The summed E-state index contributed by atoms with van der Waals surface area (Å²) in [5.74, 6) is 1.06. The van der Waals surface area contributed by atoms with Gasteiger partial charge in [-0.05, 0) is 55.6 Å². The van der Waals surface area contributed by atoms with Crippen LogP contribution in [0.25, 0.3) is 0 Å². The Labute approximate surface area is 119 Å². The van der Waals surface area contributed by atoms with Crippen LogP contribution in [-0.2, 0) is 6.54 Å². The fourth-order valence-electron chi connectivity index (χ4n) is 3.65. The number of hydrogen-bond acceptors (Lipinski definition) is 4. The summed E-state index contributed by atoms with van der Waals surface area (Å²) < 4.78 is 5.44. The number of hydrogen-bond donors (Lipinski definition) is 1. The average Bonchev–Trinajstić information content (AvgIpc) is 2.87. The summed E-state index contributed by atoms with van der Waals surface area (Å²) in [6, 6.07) is 2.09. The summed E-state index contributed by atoms with van der Waals surface area (Å²) in [5, 5.41) is 5.73. The Hall–Kier alpha value is -0.580. The summed E-state index contributed by atoms with van der Waals surface area (Å²) >= 11 is 1.82. The van der Waals surface area contributed by atoms with Crippen LogP contribution in [0.3, 0.4) is 0 Å². The molecule has 0 saturated carbocycles. The summed E-state index contributed by atoms with van der Waals surface area (Å²) in [7, 11) is 1.77. The molecule has 3 rings (SSSR count). The maximum Gasteiger partial charge on any atom is 0.134 e. The standard InChI is InChI=1S/C15H24N2OS/c1-18-13-4-9-19-14(13)10-17-8-3-6-15(12-17)5-2-7-16-11-15/h4,9,16H,2-3,5-8,10-12H2,1H3. The molecular formula is C15H24N2OS. The van der Waals surface area contributed by atoms with Crippen molar-refractivity contribution >= 4 is 11.3 Å². The van der Waals surface area contributed by atoms with Gasteiger partial charge >= 0.3 is 0 Å². The second kappa shape index (κ2) is 5.81. The van der Waals surface area contributed by atoms with Crippen LogP contribution in [0.1, 0.15) is 30.6 Å². The van der Waals surface area contributed by atoms with E-state index >= 15 is 0 Å². The van der Waals surface area contributed by atoms with E-state index in [4.69, 9.17) is 4.74 Å². The zero-order chi connectivity index (χ0) is 13.1. The lowest BCUT2D eigenvalue weighted by Crippen LogP contribution is -2.50. The number of ether oxygens (including phenoxy) is 1. The van der Waals surface area contributed by atoms with Crippen molar-refractivity contribution < 1.29 is 4.74 Å². The Morgan fingerprint density at radius 2 is 2.32 bits per heavy atom. The van der Waals surface area contributed by atoms with Crippen molar-refractivity contribution in [3.63, 3.8) is 0 Å². The Bertz CT molecular complexity index is 407. The molecule has 19 heavy (non-hydrogen) atoms. The van der Waals surface area contributed by atoms with Crippen molar-refractivity contribution in [1.82, 2.24) is 10.2 Å². The van der Waals surface area contributed by atoms with E-state index in [9.17, 15) is 0 Å². The van der Waals surface area contributed by atoms with Crippen LogP contribution < -0.4 is 10.1 Å². The van der Waals surface area contributed by atoms with Crippen LogP contribution in [0.4, 0.5) is 0 Å². The minimum Gasteiger partial charge on any atom is -0.496 e. The fourth-order valence-corrected chi connectivity index (χ4v) is 4.53. The SMILES string of the molecule is COc1ccsc1CN1CCCC2(CCCNC2)C1. The van der Waals surface area contributed by atoms with Crippen LogP contribution >= 0.6 is 11.3 Å². The molecule has 2 aliphatic rings. The van der Waals surface area contributed by atoms with Gasteiger partial charge in [0, 0.05) is 19.6 Å². The lowest BCUT2D eigenvalue weighted by Gasteiger charge is -2.45. The predicted molar refractivity (Wildman–Crippen MR) is 79.9 cm³/mol. The van der Waals surface area contributed by atoms with E-state index in [1.165, 1.54) is 56.7 Å². The average molecular weight is 280 g/mol. The molecule has 0 aromatic carbocycles. The molecule has 1 spiro atoms. The molecule has 0 aliphatic carbocycles. The Kier molecular flexibility index (Phi) is 4.10. The fraction of sp³-hybridized carbons (Fsp3) is 0.733. The molecule has 3 heterocycles. The van der Waals surface area contributed by atoms with E-state index < -0.39 is 0 Å². The van der Waals surface area contributed by atoms with Crippen molar-refractivity contribution in [3.05, 3.63) is 16.3 Å². The minimum absolute atomic E-state index is 0.543. The van der Waals surface area contributed by atoms with Crippen molar-refractivity contribution in [2.24, 2.45) is 5.41 Å². The zero-order valence-corrected chi connectivity index (χ0v) is 12.6. The predicted octanol–water partition coefficient (Wildman–Crippen LogP) is 2.72. The zero-order valence-electron chi connectivity index (χ0n) is 11.8. The van der Waals surface area contributed by atoms with Gasteiger partial charge in [0.2, 0.25) is 0 Å².